The third-order valence-corrected chi connectivity index (χ3v) is 3.76. The fraction of sp³-hybridized carbons (Fsp3) is 0.250. The standard InChI is InChI=1S/C20H23N3O3/c1-14-6-8-18(26-3)17(11-14)15(2)23-20(25)13-22-19(24)9-7-16-5-4-10-21-12-16/h4-12,15H,13H2,1-3H3,(H,22,24)(H,23,25)/b9-7-/t15-/m0/s1. The van der Waals surface area contributed by atoms with E-state index in [1.165, 1.54) is 6.08 Å². The van der Waals surface area contributed by atoms with Gasteiger partial charge in [-0.15, -0.1) is 0 Å². The van der Waals surface area contributed by atoms with Gasteiger partial charge in [0.05, 0.1) is 19.7 Å². The van der Waals surface area contributed by atoms with Gasteiger partial charge in [-0.3, -0.25) is 14.6 Å². The quantitative estimate of drug-likeness (QED) is 0.749. The molecule has 6 heteroatoms. The van der Waals surface area contributed by atoms with Crippen molar-refractivity contribution >= 4 is 17.9 Å². The Balaban J connectivity index is 1.85. The third kappa shape index (κ3) is 5.73. The molecule has 0 aliphatic heterocycles. The van der Waals surface area contributed by atoms with Gasteiger partial charge in [0.25, 0.3) is 0 Å². The molecule has 136 valence electrons. The first-order chi connectivity index (χ1) is 12.5. The number of nitrogens with zero attached hydrogens (tertiary/aromatic N) is 1. The summed E-state index contributed by atoms with van der Waals surface area (Å²) in [7, 11) is 1.59. The summed E-state index contributed by atoms with van der Waals surface area (Å²) in [5.74, 6) is 0.0980. The van der Waals surface area contributed by atoms with Crippen molar-refractivity contribution in [1.82, 2.24) is 15.6 Å². The average Bonchev–Trinajstić information content (AvgIpc) is 2.65. The van der Waals surface area contributed by atoms with Crippen LogP contribution in [0.2, 0.25) is 0 Å². The number of hydrogen-bond acceptors (Lipinski definition) is 4. The lowest BCUT2D eigenvalue weighted by Gasteiger charge is -2.18. The van der Waals surface area contributed by atoms with E-state index in [0.717, 1.165) is 16.7 Å². The molecule has 0 aliphatic carbocycles. The van der Waals surface area contributed by atoms with Crippen molar-refractivity contribution in [2.45, 2.75) is 19.9 Å². The second-order valence-corrected chi connectivity index (χ2v) is 5.87. The SMILES string of the molecule is COc1ccc(C)cc1[C@H](C)NC(=O)CNC(=O)/C=C\c1cccnc1. The number of ether oxygens (including phenoxy) is 1. The summed E-state index contributed by atoms with van der Waals surface area (Å²) in [6.07, 6.45) is 6.32. The second-order valence-electron chi connectivity index (χ2n) is 5.87. The lowest BCUT2D eigenvalue weighted by molar-refractivity contribution is -0.124. The molecule has 1 aromatic heterocycles. The second kappa shape index (κ2) is 9.36. The van der Waals surface area contributed by atoms with E-state index in [0.29, 0.717) is 5.75 Å². The van der Waals surface area contributed by atoms with Crippen LogP contribution in [0, 0.1) is 6.92 Å². The molecule has 0 saturated carbocycles. The molecule has 26 heavy (non-hydrogen) atoms. The van der Waals surface area contributed by atoms with E-state index in [-0.39, 0.29) is 24.4 Å². The van der Waals surface area contributed by atoms with Crippen LogP contribution in [0.15, 0.2) is 48.8 Å². The predicted octanol–water partition coefficient (Wildman–Crippen LogP) is 2.41. The monoisotopic (exact) mass is 353 g/mol. The summed E-state index contributed by atoms with van der Waals surface area (Å²) in [5.41, 5.74) is 2.78. The molecule has 2 aromatic rings. The number of benzene rings is 1. The van der Waals surface area contributed by atoms with Crippen LogP contribution in [0.5, 0.6) is 5.75 Å². The van der Waals surface area contributed by atoms with E-state index in [4.69, 9.17) is 4.74 Å². The molecule has 2 amide bonds. The fourth-order valence-electron chi connectivity index (χ4n) is 2.44. The van der Waals surface area contributed by atoms with Crippen LogP contribution in [0.1, 0.15) is 29.7 Å². The molecule has 0 unspecified atom stereocenters. The highest BCUT2D eigenvalue weighted by atomic mass is 16.5. The van der Waals surface area contributed by atoms with Crippen molar-refractivity contribution in [2.75, 3.05) is 13.7 Å². The number of carbonyl (C=O) groups excluding carboxylic acids is 2. The van der Waals surface area contributed by atoms with Crippen molar-refractivity contribution in [3.8, 4) is 5.75 Å². The minimum atomic E-state index is -0.343. The Kier molecular flexibility index (Phi) is 6.91. The molecule has 1 aromatic carbocycles. The van der Waals surface area contributed by atoms with E-state index >= 15 is 0 Å². The predicted molar refractivity (Wildman–Crippen MR) is 101 cm³/mol. The number of methoxy groups -OCH3 is 1. The van der Waals surface area contributed by atoms with Gasteiger partial charge >= 0.3 is 0 Å². The highest BCUT2D eigenvalue weighted by molar-refractivity contribution is 5.94. The van der Waals surface area contributed by atoms with Crippen LogP contribution in [0.3, 0.4) is 0 Å². The van der Waals surface area contributed by atoms with Crippen molar-refractivity contribution in [2.24, 2.45) is 0 Å². The zero-order chi connectivity index (χ0) is 18.9. The molecule has 0 spiro atoms. The molecule has 1 atom stereocenters. The number of nitrogens with one attached hydrogen (secondary N) is 2. The normalized spacial score (nSPS) is 11.8. The Morgan fingerprint density at radius 3 is 2.81 bits per heavy atom. The Morgan fingerprint density at radius 1 is 1.31 bits per heavy atom. The smallest absolute Gasteiger partial charge is 0.244 e. The number of rotatable bonds is 7. The van der Waals surface area contributed by atoms with Gasteiger partial charge in [-0.25, -0.2) is 0 Å². The lowest BCUT2D eigenvalue weighted by Crippen LogP contribution is -2.37. The van der Waals surface area contributed by atoms with E-state index in [1.807, 2.05) is 38.1 Å². The van der Waals surface area contributed by atoms with Gasteiger partial charge in [0, 0.05) is 24.0 Å². The number of aryl methyl sites for hydroxylation is 1. The number of amides is 2. The number of hydrogen-bond donors (Lipinski definition) is 2. The zero-order valence-electron chi connectivity index (χ0n) is 15.2. The summed E-state index contributed by atoms with van der Waals surface area (Å²) in [4.78, 5) is 27.9. The molecule has 0 fully saturated rings. The van der Waals surface area contributed by atoms with Gasteiger partial charge in [-0.05, 0) is 37.6 Å². The van der Waals surface area contributed by atoms with Crippen LogP contribution < -0.4 is 15.4 Å². The average molecular weight is 353 g/mol. The molecule has 6 nitrogen and oxygen atoms in total. The summed E-state index contributed by atoms with van der Waals surface area (Å²) in [5, 5.41) is 5.42. The van der Waals surface area contributed by atoms with Crippen molar-refractivity contribution < 1.29 is 14.3 Å². The van der Waals surface area contributed by atoms with Crippen molar-refractivity contribution in [3.05, 3.63) is 65.5 Å². The van der Waals surface area contributed by atoms with Crippen LogP contribution in [-0.4, -0.2) is 30.5 Å². The third-order valence-electron chi connectivity index (χ3n) is 3.76. The minimum Gasteiger partial charge on any atom is -0.496 e. The first-order valence-electron chi connectivity index (χ1n) is 8.29. The van der Waals surface area contributed by atoms with Crippen LogP contribution in [-0.2, 0) is 9.59 Å². The number of carbonyl (C=O) groups is 2. The summed E-state index contributed by atoms with van der Waals surface area (Å²) >= 11 is 0. The zero-order valence-corrected chi connectivity index (χ0v) is 15.2. The molecule has 0 saturated heterocycles. The summed E-state index contributed by atoms with van der Waals surface area (Å²) < 4.78 is 5.34. The van der Waals surface area contributed by atoms with Crippen LogP contribution >= 0.6 is 0 Å². The molecule has 1 heterocycles. The Hall–Kier alpha value is -3.15. The number of aromatic nitrogens is 1. The van der Waals surface area contributed by atoms with Gasteiger partial charge in [0.1, 0.15) is 5.75 Å². The highest BCUT2D eigenvalue weighted by Crippen LogP contribution is 2.25. The summed E-state index contributed by atoms with van der Waals surface area (Å²) in [6, 6.07) is 9.18. The molecular formula is C20H23N3O3. The first kappa shape index (κ1) is 19.2. The molecule has 2 rings (SSSR count). The molecular weight excluding hydrogens is 330 g/mol. The maximum absolute atomic E-state index is 12.1. The van der Waals surface area contributed by atoms with Crippen molar-refractivity contribution in [3.63, 3.8) is 0 Å². The van der Waals surface area contributed by atoms with Crippen molar-refractivity contribution in [1.29, 1.82) is 0 Å². The van der Waals surface area contributed by atoms with Crippen LogP contribution in [0.25, 0.3) is 6.08 Å². The van der Waals surface area contributed by atoms with Gasteiger partial charge in [-0.2, -0.15) is 0 Å². The van der Waals surface area contributed by atoms with Gasteiger partial charge in [0.2, 0.25) is 11.8 Å². The lowest BCUT2D eigenvalue weighted by atomic mass is 10.0. The Morgan fingerprint density at radius 2 is 2.12 bits per heavy atom. The van der Waals surface area contributed by atoms with Gasteiger partial charge < -0.3 is 15.4 Å². The molecule has 0 aliphatic rings. The molecule has 0 radical (unpaired) electrons. The van der Waals surface area contributed by atoms with E-state index in [9.17, 15) is 9.59 Å². The van der Waals surface area contributed by atoms with Crippen LogP contribution in [0.4, 0.5) is 0 Å². The van der Waals surface area contributed by atoms with Gasteiger partial charge in [-0.1, -0.05) is 23.8 Å². The summed E-state index contributed by atoms with van der Waals surface area (Å²) in [6.45, 7) is 3.75. The largest absolute Gasteiger partial charge is 0.496 e. The Labute approximate surface area is 153 Å². The van der Waals surface area contributed by atoms with E-state index in [2.05, 4.69) is 15.6 Å². The van der Waals surface area contributed by atoms with E-state index < -0.39 is 0 Å². The molecule has 2 N–H and O–H groups in total. The first-order valence-corrected chi connectivity index (χ1v) is 8.29. The minimum absolute atomic E-state index is 0.102. The topological polar surface area (TPSA) is 80.3 Å². The Bertz CT molecular complexity index is 788. The van der Waals surface area contributed by atoms with E-state index in [1.54, 1.807) is 31.6 Å². The van der Waals surface area contributed by atoms with Gasteiger partial charge in [0.15, 0.2) is 0 Å². The fourth-order valence-corrected chi connectivity index (χ4v) is 2.44. The number of pyridine rings is 1. The highest BCUT2D eigenvalue weighted by Gasteiger charge is 2.14. The maximum Gasteiger partial charge on any atom is 0.244 e. The molecule has 0 bridgehead atoms. The maximum atomic E-state index is 12.1.